The predicted octanol–water partition coefficient (Wildman–Crippen LogP) is 6.36. The van der Waals surface area contributed by atoms with Crippen LogP contribution in [-0.2, 0) is 0 Å². The van der Waals surface area contributed by atoms with Crippen LogP contribution in [0.1, 0.15) is 56.2 Å². The molecule has 2 aromatic rings. The van der Waals surface area contributed by atoms with Crippen molar-refractivity contribution in [3.05, 3.63) is 70.8 Å². The molecule has 0 bridgehead atoms. The van der Waals surface area contributed by atoms with E-state index >= 15 is 0 Å². The molecule has 0 fully saturated rings. The normalized spacial score (nSPS) is 20.5. The van der Waals surface area contributed by atoms with Crippen LogP contribution in [0.2, 0.25) is 0 Å². The summed E-state index contributed by atoms with van der Waals surface area (Å²) >= 11 is 0. The molecule has 0 saturated carbocycles. The van der Waals surface area contributed by atoms with E-state index in [-0.39, 0.29) is 17.4 Å². The van der Waals surface area contributed by atoms with Gasteiger partial charge in [0.25, 0.3) is 0 Å². The zero-order valence-electron chi connectivity index (χ0n) is 15.8. The van der Waals surface area contributed by atoms with Gasteiger partial charge >= 0.3 is 0 Å². The number of benzene rings is 2. The quantitative estimate of drug-likeness (QED) is 0.498. The van der Waals surface area contributed by atoms with E-state index in [1.807, 2.05) is 42.5 Å². The third-order valence-electron chi connectivity index (χ3n) is 5.41. The monoisotopic (exact) mass is 348 g/mol. The van der Waals surface area contributed by atoms with Gasteiger partial charge in [0.2, 0.25) is 0 Å². The van der Waals surface area contributed by atoms with Gasteiger partial charge in [-0.15, -0.1) is 0 Å². The molecule has 2 heteroatoms. The van der Waals surface area contributed by atoms with E-state index in [0.29, 0.717) is 17.4 Å². The van der Waals surface area contributed by atoms with Gasteiger partial charge in [0.15, 0.2) is 0 Å². The number of phenols is 2. The minimum Gasteiger partial charge on any atom is -0.507 e. The fraction of sp³-hybridized carbons (Fsp3) is 0.333. The first kappa shape index (κ1) is 18.3. The summed E-state index contributed by atoms with van der Waals surface area (Å²) in [5, 5.41) is 21.4. The predicted molar refractivity (Wildman–Crippen MR) is 109 cm³/mol. The van der Waals surface area contributed by atoms with Gasteiger partial charge in [-0.25, -0.2) is 0 Å². The smallest absolute Gasteiger partial charge is 0.123 e. The second-order valence-electron chi connectivity index (χ2n) is 7.70. The highest BCUT2D eigenvalue weighted by molar-refractivity contribution is 5.72. The van der Waals surface area contributed by atoms with Gasteiger partial charge in [-0.1, -0.05) is 68.0 Å². The summed E-state index contributed by atoms with van der Waals surface area (Å²) in [5.41, 5.74) is 3.88. The summed E-state index contributed by atoms with van der Waals surface area (Å²) < 4.78 is 0. The van der Waals surface area contributed by atoms with Gasteiger partial charge in [-0.2, -0.15) is 0 Å². The lowest BCUT2D eigenvalue weighted by Gasteiger charge is -2.33. The van der Waals surface area contributed by atoms with Gasteiger partial charge < -0.3 is 10.2 Å². The Morgan fingerprint density at radius 2 is 1.58 bits per heavy atom. The van der Waals surface area contributed by atoms with Crippen molar-refractivity contribution in [1.29, 1.82) is 0 Å². The van der Waals surface area contributed by atoms with Crippen molar-refractivity contribution in [2.75, 3.05) is 0 Å². The highest BCUT2D eigenvalue weighted by atomic mass is 16.3. The molecular formula is C24H28O2. The number of hydrogen-bond acceptors (Lipinski definition) is 2. The van der Waals surface area contributed by atoms with E-state index < -0.39 is 0 Å². The van der Waals surface area contributed by atoms with Crippen LogP contribution in [0.15, 0.2) is 54.1 Å². The van der Waals surface area contributed by atoms with E-state index in [4.69, 9.17) is 0 Å². The van der Waals surface area contributed by atoms with Crippen molar-refractivity contribution in [3.8, 4) is 11.5 Å². The van der Waals surface area contributed by atoms with Crippen molar-refractivity contribution >= 4 is 12.2 Å². The first-order valence-corrected chi connectivity index (χ1v) is 9.42. The highest BCUT2D eigenvalue weighted by Gasteiger charge is 2.31. The number of allylic oxidation sites excluding steroid dienone is 2. The van der Waals surface area contributed by atoms with Crippen LogP contribution in [0, 0.1) is 11.8 Å². The molecule has 0 aliphatic heterocycles. The summed E-state index contributed by atoms with van der Waals surface area (Å²) in [6, 6.07) is 13.5. The minimum atomic E-state index is 0.0657. The van der Waals surface area contributed by atoms with Crippen LogP contribution < -0.4 is 0 Å². The van der Waals surface area contributed by atoms with E-state index in [1.165, 1.54) is 5.57 Å². The van der Waals surface area contributed by atoms with E-state index in [2.05, 4.69) is 26.8 Å². The summed E-state index contributed by atoms with van der Waals surface area (Å²) in [7, 11) is 0. The fourth-order valence-electron chi connectivity index (χ4n) is 3.97. The fourth-order valence-corrected chi connectivity index (χ4v) is 3.97. The second kappa shape index (κ2) is 7.82. The Balaban J connectivity index is 1.94. The average molecular weight is 348 g/mol. The maximum absolute atomic E-state index is 10.7. The zero-order chi connectivity index (χ0) is 18.7. The number of rotatable bonds is 4. The molecule has 2 N–H and O–H groups in total. The third kappa shape index (κ3) is 4.01. The molecule has 1 aliphatic rings. The standard InChI is InChI=1S/C24H28O2/c1-16(2)20-12-9-17(3)13-21(20)24-22(25)14-19(15-23(24)26)11-10-18-7-5-4-6-8-18/h4-8,10-11,13-16,20-21,25-26H,9,12H2,1-3H3/b11-10+. The molecule has 0 saturated heterocycles. The largest absolute Gasteiger partial charge is 0.507 e. The first-order valence-electron chi connectivity index (χ1n) is 9.42. The summed E-state index contributed by atoms with van der Waals surface area (Å²) in [5.74, 6) is 1.36. The first-order chi connectivity index (χ1) is 12.5. The van der Waals surface area contributed by atoms with Crippen molar-refractivity contribution in [3.63, 3.8) is 0 Å². The Bertz CT molecular complexity index is 792. The molecule has 3 rings (SSSR count). The van der Waals surface area contributed by atoms with Crippen LogP contribution in [0.4, 0.5) is 0 Å². The van der Waals surface area contributed by atoms with E-state index in [0.717, 1.165) is 24.0 Å². The minimum absolute atomic E-state index is 0.0657. The lowest BCUT2D eigenvalue weighted by atomic mass is 9.71. The van der Waals surface area contributed by atoms with E-state index in [9.17, 15) is 10.2 Å². The molecule has 0 amide bonds. The Labute approximate surface area is 156 Å². The Morgan fingerprint density at radius 1 is 0.962 bits per heavy atom. The molecule has 0 heterocycles. The van der Waals surface area contributed by atoms with Crippen molar-refractivity contribution < 1.29 is 10.2 Å². The third-order valence-corrected chi connectivity index (χ3v) is 5.41. The molecule has 0 aromatic heterocycles. The Kier molecular flexibility index (Phi) is 5.51. The maximum atomic E-state index is 10.7. The van der Waals surface area contributed by atoms with Gasteiger partial charge in [0.05, 0.1) is 0 Å². The zero-order valence-corrected chi connectivity index (χ0v) is 15.8. The van der Waals surface area contributed by atoms with Gasteiger partial charge in [-0.3, -0.25) is 0 Å². The Hall–Kier alpha value is -2.48. The van der Waals surface area contributed by atoms with Crippen molar-refractivity contribution in [2.45, 2.75) is 39.5 Å². The Morgan fingerprint density at radius 3 is 2.19 bits per heavy atom. The van der Waals surface area contributed by atoms with Crippen LogP contribution >= 0.6 is 0 Å². The van der Waals surface area contributed by atoms with Gasteiger partial charge in [0, 0.05) is 11.5 Å². The van der Waals surface area contributed by atoms with E-state index in [1.54, 1.807) is 12.1 Å². The molecule has 2 aromatic carbocycles. The second-order valence-corrected chi connectivity index (χ2v) is 7.70. The SMILES string of the molecule is CC1=CC(c2c(O)cc(/C=C/c3ccccc3)cc2O)C(C(C)C)CC1. The number of aromatic hydroxyl groups is 2. The van der Waals surface area contributed by atoms with Crippen molar-refractivity contribution in [1.82, 2.24) is 0 Å². The molecule has 1 aliphatic carbocycles. The van der Waals surface area contributed by atoms with Crippen LogP contribution in [0.25, 0.3) is 12.2 Å². The van der Waals surface area contributed by atoms with Crippen LogP contribution in [-0.4, -0.2) is 10.2 Å². The topological polar surface area (TPSA) is 40.5 Å². The lowest BCUT2D eigenvalue weighted by molar-refractivity contribution is 0.304. The number of phenolic OH excluding ortho intramolecular Hbond substituents is 2. The lowest BCUT2D eigenvalue weighted by Crippen LogP contribution is -2.21. The summed E-state index contributed by atoms with van der Waals surface area (Å²) in [6.45, 7) is 6.57. The van der Waals surface area contributed by atoms with Gasteiger partial charge in [-0.05, 0) is 54.9 Å². The molecule has 2 unspecified atom stereocenters. The molecule has 136 valence electrons. The molecule has 0 spiro atoms. The molecule has 2 atom stereocenters. The van der Waals surface area contributed by atoms with Gasteiger partial charge in [0.1, 0.15) is 11.5 Å². The average Bonchev–Trinajstić information content (AvgIpc) is 2.60. The molecule has 0 radical (unpaired) electrons. The van der Waals surface area contributed by atoms with Crippen LogP contribution in [0.5, 0.6) is 11.5 Å². The highest BCUT2D eigenvalue weighted by Crippen LogP contribution is 2.46. The molecular weight excluding hydrogens is 320 g/mol. The summed E-state index contributed by atoms with van der Waals surface area (Å²) in [4.78, 5) is 0. The number of hydrogen-bond donors (Lipinski definition) is 2. The van der Waals surface area contributed by atoms with Crippen molar-refractivity contribution in [2.24, 2.45) is 11.8 Å². The molecule has 26 heavy (non-hydrogen) atoms. The maximum Gasteiger partial charge on any atom is 0.123 e. The molecule has 2 nitrogen and oxygen atoms in total. The summed E-state index contributed by atoms with van der Waals surface area (Å²) in [6.07, 6.45) is 8.32. The van der Waals surface area contributed by atoms with Crippen LogP contribution in [0.3, 0.4) is 0 Å².